The first-order valence-electron chi connectivity index (χ1n) is 5.69. The largest absolute Gasteiger partial charge is 0.344 e. The minimum atomic E-state index is -0.372. The van der Waals surface area contributed by atoms with E-state index in [4.69, 9.17) is 11.6 Å². The highest BCUT2D eigenvalue weighted by Crippen LogP contribution is 2.22. The van der Waals surface area contributed by atoms with Gasteiger partial charge in [-0.1, -0.05) is 29.8 Å². The third-order valence-corrected chi connectivity index (χ3v) is 2.98. The normalized spacial score (nSPS) is 11.9. The van der Waals surface area contributed by atoms with E-state index in [1.807, 2.05) is 25.1 Å². The Bertz CT molecular complexity index is 634. The Morgan fingerprint density at radius 1 is 1.32 bits per heavy atom. The quantitative estimate of drug-likeness (QED) is 0.900. The molecule has 1 heterocycles. The molecule has 1 atom stereocenters. The Morgan fingerprint density at radius 2 is 2.05 bits per heavy atom. The maximum Gasteiger partial charge on any atom is 0.272 e. The van der Waals surface area contributed by atoms with Crippen LogP contribution in [0.3, 0.4) is 0 Å². The van der Waals surface area contributed by atoms with E-state index in [2.05, 4.69) is 15.5 Å². The number of hydrogen-bond acceptors (Lipinski definition) is 3. The first kappa shape index (κ1) is 13.3. The molecular weight excluding hydrogens is 266 g/mol. The lowest BCUT2D eigenvalue weighted by molar-refractivity contribution is 0.0933. The molecule has 2 aromatic rings. The second-order valence-corrected chi connectivity index (χ2v) is 4.43. The Labute approximate surface area is 114 Å². The Kier molecular flexibility index (Phi) is 3.97. The molecule has 0 aliphatic carbocycles. The molecule has 19 heavy (non-hydrogen) atoms. The van der Waals surface area contributed by atoms with Gasteiger partial charge in [0.1, 0.15) is 5.69 Å². The van der Waals surface area contributed by atoms with E-state index < -0.39 is 0 Å². The molecule has 1 aromatic heterocycles. The minimum absolute atomic E-state index is 0.151. The van der Waals surface area contributed by atoms with Crippen molar-refractivity contribution in [2.24, 2.45) is 0 Å². The molecule has 1 amide bonds. The van der Waals surface area contributed by atoms with E-state index in [0.29, 0.717) is 5.02 Å². The highest BCUT2D eigenvalue weighted by molar-refractivity contribution is 6.31. The summed E-state index contributed by atoms with van der Waals surface area (Å²) in [5.41, 5.74) is 0.621. The van der Waals surface area contributed by atoms with Crippen LogP contribution in [-0.2, 0) is 0 Å². The highest BCUT2D eigenvalue weighted by Gasteiger charge is 2.14. The number of hydrogen-bond donors (Lipinski definition) is 2. The van der Waals surface area contributed by atoms with Crippen LogP contribution in [0.1, 0.15) is 29.0 Å². The van der Waals surface area contributed by atoms with Crippen molar-refractivity contribution in [2.45, 2.75) is 13.0 Å². The van der Waals surface area contributed by atoms with Crippen LogP contribution >= 0.6 is 11.6 Å². The summed E-state index contributed by atoms with van der Waals surface area (Å²) in [5.74, 6) is -0.372. The van der Waals surface area contributed by atoms with E-state index in [0.717, 1.165) is 5.56 Å². The van der Waals surface area contributed by atoms with E-state index in [9.17, 15) is 9.59 Å². The molecule has 0 fully saturated rings. The van der Waals surface area contributed by atoms with Crippen LogP contribution in [0.2, 0.25) is 5.02 Å². The van der Waals surface area contributed by atoms with Crippen LogP contribution in [0, 0.1) is 0 Å². The molecule has 98 valence electrons. The van der Waals surface area contributed by atoms with Crippen LogP contribution in [0.25, 0.3) is 0 Å². The summed E-state index contributed by atoms with van der Waals surface area (Å²) in [6, 6.07) is 9.64. The number of nitrogens with one attached hydrogen (secondary N) is 2. The molecule has 0 aliphatic heterocycles. The van der Waals surface area contributed by atoms with Crippen molar-refractivity contribution in [3.63, 3.8) is 0 Å². The molecule has 5 nitrogen and oxygen atoms in total. The maximum absolute atomic E-state index is 11.9. The summed E-state index contributed by atoms with van der Waals surface area (Å²) < 4.78 is 0. The number of carbonyl (C=O) groups excluding carboxylic acids is 1. The van der Waals surface area contributed by atoms with Crippen molar-refractivity contribution in [1.29, 1.82) is 0 Å². The van der Waals surface area contributed by atoms with Crippen molar-refractivity contribution in [3.8, 4) is 0 Å². The summed E-state index contributed by atoms with van der Waals surface area (Å²) in [7, 11) is 0. The molecule has 1 unspecified atom stereocenters. The van der Waals surface area contributed by atoms with E-state index in [-0.39, 0.29) is 23.2 Å². The summed E-state index contributed by atoms with van der Waals surface area (Å²) in [6.45, 7) is 1.82. The van der Waals surface area contributed by atoms with Gasteiger partial charge in [0, 0.05) is 11.1 Å². The van der Waals surface area contributed by atoms with E-state index in [1.165, 1.54) is 12.1 Å². The standard InChI is InChI=1S/C13H12ClN3O2/c1-8(9-4-2-3-5-10(9)14)15-13(19)11-6-7-12(18)17-16-11/h2-8H,1H3,(H,15,19)(H,17,18). The monoisotopic (exact) mass is 277 g/mol. The van der Waals surface area contributed by atoms with Gasteiger partial charge in [-0.2, -0.15) is 5.10 Å². The maximum atomic E-state index is 11.9. The first-order valence-corrected chi connectivity index (χ1v) is 6.07. The number of H-pyrrole nitrogens is 1. The number of amides is 1. The summed E-state index contributed by atoms with van der Waals surface area (Å²) in [5, 5.41) is 9.23. The van der Waals surface area contributed by atoms with Crippen LogP contribution < -0.4 is 10.9 Å². The molecular formula is C13H12ClN3O2. The van der Waals surface area contributed by atoms with Crippen molar-refractivity contribution in [2.75, 3.05) is 0 Å². The van der Waals surface area contributed by atoms with Gasteiger partial charge in [0.05, 0.1) is 6.04 Å². The summed E-state index contributed by atoms with van der Waals surface area (Å²) in [4.78, 5) is 22.8. The Hall–Kier alpha value is -2.14. The van der Waals surface area contributed by atoms with Gasteiger partial charge in [0.2, 0.25) is 0 Å². The van der Waals surface area contributed by atoms with Crippen molar-refractivity contribution in [3.05, 3.63) is 63.0 Å². The van der Waals surface area contributed by atoms with Crippen LogP contribution in [0.4, 0.5) is 0 Å². The molecule has 0 aliphatic rings. The molecule has 0 saturated heterocycles. The van der Waals surface area contributed by atoms with Crippen molar-refractivity contribution < 1.29 is 4.79 Å². The first-order chi connectivity index (χ1) is 9.08. The molecule has 2 rings (SSSR count). The Balaban J connectivity index is 2.13. The second kappa shape index (κ2) is 5.67. The van der Waals surface area contributed by atoms with Gasteiger partial charge in [0.25, 0.3) is 11.5 Å². The topological polar surface area (TPSA) is 74.8 Å². The smallest absolute Gasteiger partial charge is 0.272 e. The summed E-state index contributed by atoms with van der Waals surface area (Å²) in [6.07, 6.45) is 0. The van der Waals surface area contributed by atoms with Gasteiger partial charge in [0.15, 0.2) is 0 Å². The van der Waals surface area contributed by atoms with Crippen LogP contribution in [0.5, 0.6) is 0 Å². The predicted molar refractivity (Wildman–Crippen MR) is 72.2 cm³/mol. The zero-order valence-electron chi connectivity index (χ0n) is 10.2. The zero-order valence-corrected chi connectivity index (χ0v) is 10.9. The SMILES string of the molecule is CC(NC(=O)c1ccc(=O)[nH]n1)c1ccccc1Cl. The lowest BCUT2D eigenvalue weighted by atomic mass is 10.1. The van der Waals surface area contributed by atoms with Gasteiger partial charge < -0.3 is 5.32 Å². The molecule has 6 heteroatoms. The molecule has 0 bridgehead atoms. The zero-order chi connectivity index (χ0) is 13.8. The van der Waals surface area contributed by atoms with E-state index >= 15 is 0 Å². The molecule has 0 saturated carbocycles. The fraction of sp³-hybridized carbons (Fsp3) is 0.154. The predicted octanol–water partition coefficient (Wildman–Crippen LogP) is 1.91. The second-order valence-electron chi connectivity index (χ2n) is 4.02. The number of nitrogens with zero attached hydrogens (tertiary/aromatic N) is 1. The van der Waals surface area contributed by atoms with Gasteiger partial charge in [-0.05, 0) is 24.6 Å². The number of halogens is 1. The fourth-order valence-corrected chi connectivity index (χ4v) is 1.94. The lowest BCUT2D eigenvalue weighted by Gasteiger charge is -2.15. The fourth-order valence-electron chi connectivity index (χ4n) is 1.65. The van der Waals surface area contributed by atoms with Gasteiger partial charge in [-0.3, -0.25) is 9.59 Å². The number of aromatic nitrogens is 2. The summed E-state index contributed by atoms with van der Waals surface area (Å²) >= 11 is 6.05. The average Bonchev–Trinajstić information content (AvgIpc) is 2.39. The number of carbonyl (C=O) groups is 1. The molecule has 0 radical (unpaired) electrons. The molecule has 2 N–H and O–H groups in total. The van der Waals surface area contributed by atoms with Crippen molar-refractivity contribution in [1.82, 2.24) is 15.5 Å². The van der Waals surface area contributed by atoms with Crippen molar-refractivity contribution >= 4 is 17.5 Å². The molecule has 0 spiro atoms. The highest BCUT2D eigenvalue weighted by atomic mass is 35.5. The van der Waals surface area contributed by atoms with E-state index in [1.54, 1.807) is 6.07 Å². The third-order valence-electron chi connectivity index (χ3n) is 2.63. The third kappa shape index (κ3) is 3.20. The van der Waals surface area contributed by atoms with Crippen LogP contribution in [0.15, 0.2) is 41.2 Å². The lowest BCUT2D eigenvalue weighted by Crippen LogP contribution is -2.28. The Morgan fingerprint density at radius 3 is 2.68 bits per heavy atom. The molecule has 1 aromatic carbocycles. The van der Waals surface area contributed by atoms with Gasteiger partial charge >= 0.3 is 0 Å². The number of benzene rings is 1. The number of rotatable bonds is 3. The van der Waals surface area contributed by atoms with Gasteiger partial charge in [-0.15, -0.1) is 0 Å². The minimum Gasteiger partial charge on any atom is -0.344 e. The number of aromatic amines is 1. The van der Waals surface area contributed by atoms with Gasteiger partial charge in [-0.25, -0.2) is 5.10 Å². The average molecular weight is 278 g/mol. The van der Waals surface area contributed by atoms with Crippen LogP contribution in [-0.4, -0.2) is 16.1 Å².